The fourth-order valence-corrected chi connectivity index (χ4v) is 9.03. The molecule has 4 aromatic carbocycles. The van der Waals surface area contributed by atoms with Gasteiger partial charge < -0.3 is 10.2 Å². The highest BCUT2D eigenvalue weighted by atomic mass is 15.4. The molecule has 48 heavy (non-hydrogen) atoms. The van der Waals surface area contributed by atoms with Crippen LogP contribution in [-0.4, -0.2) is 16.7 Å². The van der Waals surface area contributed by atoms with Gasteiger partial charge in [-0.2, -0.15) is 0 Å². The fraction of sp³-hybridized carbons (Fsp3) is 0.233. The van der Waals surface area contributed by atoms with E-state index in [1.807, 2.05) is 0 Å². The number of hydrogen-bond donors (Lipinski definition) is 2. The fourth-order valence-electron chi connectivity index (χ4n) is 9.03. The monoisotopic (exact) mass is 625 g/mol. The van der Waals surface area contributed by atoms with Gasteiger partial charge in [0.05, 0.1) is 11.7 Å². The average molecular weight is 626 g/mol. The predicted octanol–water partition coefficient (Wildman–Crippen LogP) is 9.37. The Balaban J connectivity index is 1.25. The van der Waals surface area contributed by atoms with Crippen LogP contribution in [0.25, 0.3) is 17.2 Å². The van der Waals surface area contributed by atoms with Crippen LogP contribution in [0.1, 0.15) is 83.9 Å². The number of anilines is 2. The lowest BCUT2D eigenvalue weighted by atomic mass is 9.75. The lowest BCUT2D eigenvalue weighted by Crippen LogP contribution is -2.52. The molecule has 0 saturated carbocycles. The molecule has 4 atom stereocenters. The Morgan fingerprint density at radius 2 is 1.50 bits per heavy atom. The van der Waals surface area contributed by atoms with Crippen LogP contribution < -0.4 is 15.5 Å². The molecule has 3 heterocycles. The lowest BCUT2D eigenvalue weighted by molar-refractivity contribution is 0.410. The smallest absolute Gasteiger partial charge is 0.206 e. The molecule has 0 saturated heterocycles. The highest BCUT2D eigenvalue weighted by Crippen LogP contribution is 2.62. The number of hydrogen-bond acceptors (Lipinski definition) is 4. The number of nitrogens with one attached hydrogen (secondary N) is 2. The molecule has 5 nitrogen and oxygen atoms in total. The first-order valence-electron chi connectivity index (χ1n) is 17.7. The second-order valence-corrected chi connectivity index (χ2v) is 13.7. The van der Waals surface area contributed by atoms with Gasteiger partial charge in [-0.3, -0.25) is 9.88 Å². The van der Waals surface area contributed by atoms with Gasteiger partial charge in [0, 0.05) is 34.1 Å². The SMILES string of the molecule is C1=Cc2c3c(n(C4=NC(C5=CCCCC5)NC(c5ccccc5)N4)c2CC1)C1C(c2ccccc2-3)c2ccccc2N1c1ccccc1. The zero-order chi connectivity index (χ0) is 31.6. The van der Waals surface area contributed by atoms with Crippen LogP contribution >= 0.6 is 0 Å². The molecule has 0 radical (unpaired) electrons. The molecular formula is C43H39N5. The van der Waals surface area contributed by atoms with Crippen molar-refractivity contribution in [2.24, 2.45) is 4.99 Å². The first kappa shape index (κ1) is 27.9. The van der Waals surface area contributed by atoms with E-state index in [-0.39, 0.29) is 24.3 Å². The van der Waals surface area contributed by atoms with E-state index in [2.05, 4.69) is 148 Å². The molecule has 0 fully saturated rings. The van der Waals surface area contributed by atoms with Gasteiger partial charge in [-0.1, -0.05) is 109 Å². The maximum absolute atomic E-state index is 5.60. The molecule has 4 unspecified atom stereocenters. The molecule has 5 aromatic rings. The number of aromatic nitrogens is 1. The summed E-state index contributed by atoms with van der Waals surface area (Å²) < 4.78 is 2.57. The van der Waals surface area contributed by atoms with Crippen molar-refractivity contribution < 1.29 is 0 Å². The third-order valence-corrected chi connectivity index (χ3v) is 11.1. The number of rotatable bonds is 3. The van der Waals surface area contributed by atoms with Gasteiger partial charge in [0.25, 0.3) is 0 Å². The van der Waals surface area contributed by atoms with Crippen molar-refractivity contribution in [3.63, 3.8) is 0 Å². The minimum Gasteiger partial charge on any atom is -0.336 e. The van der Waals surface area contributed by atoms with Crippen LogP contribution in [0.5, 0.6) is 0 Å². The summed E-state index contributed by atoms with van der Waals surface area (Å²) in [5.74, 6) is 1.14. The summed E-state index contributed by atoms with van der Waals surface area (Å²) in [5.41, 5.74) is 14.7. The number of benzene rings is 4. The van der Waals surface area contributed by atoms with Crippen LogP contribution in [0, 0.1) is 0 Å². The van der Waals surface area contributed by atoms with Crippen LogP contribution in [0.4, 0.5) is 11.4 Å². The Morgan fingerprint density at radius 1 is 0.729 bits per heavy atom. The molecule has 3 aliphatic carbocycles. The van der Waals surface area contributed by atoms with Crippen molar-refractivity contribution in [2.75, 3.05) is 4.90 Å². The molecular weight excluding hydrogens is 587 g/mol. The van der Waals surface area contributed by atoms with Crippen molar-refractivity contribution in [3.8, 4) is 11.1 Å². The zero-order valence-corrected chi connectivity index (χ0v) is 27.0. The Morgan fingerprint density at radius 3 is 2.33 bits per heavy atom. The summed E-state index contributed by atoms with van der Waals surface area (Å²) >= 11 is 0. The summed E-state index contributed by atoms with van der Waals surface area (Å²) in [4.78, 5) is 8.21. The van der Waals surface area contributed by atoms with Crippen molar-refractivity contribution in [2.45, 2.75) is 62.8 Å². The topological polar surface area (TPSA) is 44.6 Å². The van der Waals surface area contributed by atoms with Crippen LogP contribution in [0.2, 0.25) is 0 Å². The number of fused-ring (bicyclic) bond motifs is 10. The predicted molar refractivity (Wildman–Crippen MR) is 195 cm³/mol. The van der Waals surface area contributed by atoms with Gasteiger partial charge in [-0.05, 0) is 84.6 Å². The molecule has 10 rings (SSSR count). The van der Waals surface area contributed by atoms with E-state index >= 15 is 0 Å². The molecule has 0 spiro atoms. The third-order valence-electron chi connectivity index (χ3n) is 11.1. The second kappa shape index (κ2) is 11.2. The van der Waals surface area contributed by atoms with Crippen LogP contribution in [-0.2, 0) is 6.42 Å². The van der Waals surface area contributed by atoms with Crippen LogP contribution in [0.3, 0.4) is 0 Å². The van der Waals surface area contributed by atoms with Crippen LogP contribution in [0.15, 0.2) is 132 Å². The molecule has 2 N–H and O–H groups in total. The van der Waals surface area contributed by atoms with Gasteiger partial charge in [0.1, 0.15) is 12.3 Å². The van der Waals surface area contributed by atoms with Crippen molar-refractivity contribution in [3.05, 3.63) is 161 Å². The standard InChI is InChI=1S/C43H39N5/c1-4-16-28(17-5-1)41-44-42(29-18-6-2-7-19-29)46-43(45-41)48-36-27-15-13-25-34(36)38-32-23-11-10-22-31(32)37-33-24-12-14-26-35(33)47(39(37)40(38)48)30-20-8-3-9-21-30/h1,3-5,8-14,16-18,20-26,37,39,41-42,44H,2,6-7,15,19,27H2,(H,45,46). The maximum atomic E-state index is 5.60. The number of aliphatic imine (C=N–C) groups is 1. The third kappa shape index (κ3) is 4.23. The maximum Gasteiger partial charge on any atom is 0.206 e. The summed E-state index contributed by atoms with van der Waals surface area (Å²) in [5, 5.41) is 7.85. The summed E-state index contributed by atoms with van der Waals surface area (Å²) in [6, 6.07) is 40.1. The van der Waals surface area contributed by atoms with E-state index < -0.39 is 0 Å². The summed E-state index contributed by atoms with van der Waals surface area (Å²) in [6.45, 7) is 0. The molecule has 2 aliphatic heterocycles. The normalized spacial score (nSPS) is 23.5. The first-order chi connectivity index (χ1) is 23.8. The van der Waals surface area contributed by atoms with Gasteiger partial charge >= 0.3 is 0 Å². The van der Waals surface area contributed by atoms with Crippen molar-refractivity contribution >= 4 is 23.4 Å². The number of nitrogens with zero attached hydrogens (tertiary/aromatic N) is 3. The molecule has 0 bridgehead atoms. The van der Waals surface area contributed by atoms with E-state index in [1.165, 1.54) is 74.6 Å². The minimum atomic E-state index is -0.0720. The van der Waals surface area contributed by atoms with Crippen molar-refractivity contribution in [1.82, 2.24) is 15.2 Å². The quantitative estimate of drug-likeness (QED) is 0.196. The Labute approximate surface area is 282 Å². The van der Waals surface area contributed by atoms with Crippen molar-refractivity contribution in [1.29, 1.82) is 0 Å². The summed E-state index contributed by atoms with van der Waals surface area (Å²) in [7, 11) is 0. The minimum absolute atomic E-state index is 0.0583. The van der Waals surface area contributed by atoms with Gasteiger partial charge in [-0.15, -0.1) is 0 Å². The average Bonchev–Trinajstić information content (AvgIpc) is 3.70. The zero-order valence-electron chi connectivity index (χ0n) is 27.0. The second-order valence-electron chi connectivity index (χ2n) is 13.7. The summed E-state index contributed by atoms with van der Waals surface area (Å²) in [6.07, 6.45) is 13.8. The van der Waals surface area contributed by atoms with Gasteiger partial charge in [0.15, 0.2) is 0 Å². The molecule has 1 aromatic heterocycles. The van der Waals surface area contributed by atoms with Gasteiger partial charge in [0.2, 0.25) is 5.96 Å². The highest BCUT2D eigenvalue weighted by Gasteiger charge is 2.49. The lowest BCUT2D eigenvalue weighted by Gasteiger charge is -2.39. The van der Waals surface area contributed by atoms with E-state index in [9.17, 15) is 0 Å². The first-order valence-corrected chi connectivity index (χ1v) is 17.7. The van der Waals surface area contributed by atoms with E-state index in [1.54, 1.807) is 0 Å². The highest BCUT2D eigenvalue weighted by molar-refractivity contribution is 5.95. The van der Waals surface area contributed by atoms with E-state index in [0.29, 0.717) is 0 Å². The van der Waals surface area contributed by atoms with Gasteiger partial charge in [-0.25, -0.2) is 4.99 Å². The molecule has 5 heteroatoms. The Hall–Kier alpha value is -5.13. The Bertz CT molecular complexity index is 2100. The largest absolute Gasteiger partial charge is 0.336 e. The Kier molecular flexibility index (Phi) is 6.54. The molecule has 0 amide bonds. The number of allylic oxidation sites excluding steroid dienone is 2. The van der Waals surface area contributed by atoms with E-state index in [4.69, 9.17) is 4.99 Å². The van der Waals surface area contributed by atoms with E-state index in [0.717, 1.165) is 31.6 Å². The molecule has 5 aliphatic rings. The number of para-hydroxylation sites is 2. The molecule has 236 valence electrons.